The Labute approximate surface area is 112 Å². The van der Waals surface area contributed by atoms with Gasteiger partial charge in [-0.15, -0.1) is 0 Å². The van der Waals surface area contributed by atoms with Crippen LogP contribution >= 0.6 is 15.9 Å². The maximum absolute atomic E-state index is 13.6. The zero-order valence-corrected chi connectivity index (χ0v) is 11.6. The first-order valence-corrected chi connectivity index (χ1v) is 7.52. The Morgan fingerprint density at radius 1 is 1.44 bits per heavy atom. The fourth-order valence-corrected chi connectivity index (χ4v) is 3.39. The van der Waals surface area contributed by atoms with Crippen molar-refractivity contribution in [2.24, 2.45) is 0 Å². The standard InChI is InChI=1S/C10H12BrFN2O3S/c11-7-3-8(12)10(4-9(7)13)18(16,17)14-5-1-6(15)2-5/h3-6,14-15H,1-2,13H2. The first-order chi connectivity index (χ1) is 8.29. The number of rotatable bonds is 3. The van der Waals surface area contributed by atoms with Gasteiger partial charge in [0.05, 0.1) is 6.10 Å². The molecule has 4 N–H and O–H groups in total. The van der Waals surface area contributed by atoms with Gasteiger partial charge in [-0.25, -0.2) is 17.5 Å². The van der Waals surface area contributed by atoms with E-state index in [4.69, 9.17) is 10.8 Å². The Morgan fingerprint density at radius 2 is 2.06 bits per heavy atom. The molecule has 1 aliphatic rings. The summed E-state index contributed by atoms with van der Waals surface area (Å²) in [6.07, 6.45) is 0.192. The predicted molar refractivity (Wildman–Crippen MR) is 67.9 cm³/mol. The Morgan fingerprint density at radius 3 is 2.61 bits per heavy atom. The molecule has 18 heavy (non-hydrogen) atoms. The minimum Gasteiger partial charge on any atom is -0.398 e. The SMILES string of the molecule is Nc1cc(S(=O)(=O)NC2CC(O)C2)c(F)cc1Br. The summed E-state index contributed by atoms with van der Waals surface area (Å²) in [5.41, 5.74) is 5.68. The third-order valence-corrected chi connectivity index (χ3v) is 5.00. The van der Waals surface area contributed by atoms with E-state index in [1.165, 1.54) is 0 Å². The van der Waals surface area contributed by atoms with Crippen molar-refractivity contribution in [3.05, 3.63) is 22.4 Å². The fourth-order valence-electron chi connectivity index (χ4n) is 1.72. The Kier molecular flexibility index (Phi) is 3.63. The number of hydrogen-bond donors (Lipinski definition) is 3. The zero-order chi connectivity index (χ0) is 13.5. The second kappa shape index (κ2) is 4.76. The summed E-state index contributed by atoms with van der Waals surface area (Å²) in [4.78, 5) is -0.482. The molecule has 0 spiro atoms. The van der Waals surface area contributed by atoms with E-state index < -0.39 is 26.8 Å². The van der Waals surface area contributed by atoms with Crippen LogP contribution in [0.5, 0.6) is 0 Å². The summed E-state index contributed by atoms with van der Waals surface area (Å²) >= 11 is 3.02. The van der Waals surface area contributed by atoms with E-state index in [2.05, 4.69) is 20.7 Å². The number of halogens is 2. The molecule has 100 valence electrons. The number of benzene rings is 1. The van der Waals surface area contributed by atoms with Gasteiger partial charge in [-0.3, -0.25) is 0 Å². The Balaban J connectivity index is 2.27. The third kappa shape index (κ3) is 2.66. The van der Waals surface area contributed by atoms with Gasteiger partial charge in [-0.2, -0.15) is 0 Å². The van der Waals surface area contributed by atoms with Crippen molar-refractivity contribution in [1.82, 2.24) is 4.72 Å². The fraction of sp³-hybridized carbons (Fsp3) is 0.400. The molecule has 1 saturated carbocycles. The van der Waals surface area contributed by atoms with E-state index in [0.29, 0.717) is 17.3 Å². The maximum Gasteiger partial charge on any atom is 0.243 e. The van der Waals surface area contributed by atoms with E-state index in [0.717, 1.165) is 12.1 Å². The molecular weight excluding hydrogens is 327 g/mol. The average Bonchev–Trinajstić information content (AvgIpc) is 2.20. The molecule has 1 fully saturated rings. The molecule has 0 aliphatic heterocycles. The summed E-state index contributed by atoms with van der Waals surface area (Å²) in [6, 6.07) is 1.73. The van der Waals surface area contributed by atoms with Crippen LogP contribution in [0, 0.1) is 5.82 Å². The topological polar surface area (TPSA) is 92.4 Å². The van der Waals surface area contributed by atoms with Crippen LogP contribution in [0.25, 0.3) is 0 Å². The van der Waals surface area contributed by atoms with Gasteiger partial charge in [-0.1, -0.05) is 0 Å². The molecule has 0 aromatic heterocycles. The normalized spacial score (nSPS) is 23.7. The summed E-state index contributed by atoms with van der Waals surface area (Å²) in [7, 11) is -3.95. The monoisotopic (exact) mass is 338 g/mol. The van der Waals surface area contributed by atoms with Gasteiger partial charge in [0.15, 0.2) is 0 Å². The minimum atomic E-state index is -3.95. The molecule has 0 amide bonds. The highest BCUT2D eigenvalue weighted by atomic mass is 79.9. The highest BCUT2D eigenvalue weighted by Gasteiger charge is 2.32. The van der Waals surface area contributed by atoms with Crippen molar-refractivity contribution in [2.45, 2.75) is 29.9 Å². The molecule has 1 aromatic rings. The lowest BCUT2D eigenvalue weighted by atomic mass is 9.91. The van der Waals surface area contributed by atoms with Gasteiger partial charge in [0.2, 0.25) is 10.0 Å². The van der Waals surface area contributed by atoms with E-state index in [1.807, 2.05) is 0 Å². The van der Waals surface area contributed by atoms with Crippen molar-refractivity contribution >= 4 is 31.6 Å². The van der Waals surface area contributed by atoms with Crippen LogP contribution in [0.15, 0.2) is 21.5 Å². The lowest BCUT2D eigenvalue weighted by Crippen LogP contribution is -2.46. The number of nitrogens with one attached hydrogen (secondary N) is 1. The first-order valence-electron chi connectivity index (χ1n) is 5.24. The molecule has 0 radical (unpaired) electrons. The summed E-state index contributed by atoms with van der Waals surface area (Å²) in [6.45, 7) is 0. The Hall–Kier alpha value is -0.700. The highest BCUT2D eigenvalue weighted by Crippen LogP contribution is 2.27. The average molecular weight is 339 g/mol. The summed E-state index contributed by atoms with van der Waals surface area (Å²) in [5, 5.41) is 9.09. The van der Waals surface area contributed by atoms with Gasteiger partial charge in [0.1, 0.15) is 10.7 Å². The third-order valence-electron chi connectivity index (χ3n) is 2.78. The molecule has 1 aromatic carbocycles. The van der Waals surface area contributed by atoms with Crippen LogP contribution in [0.1, 0.15) is 12.8 Å². The quantitative estimate of drug-likeness (QED) is 0.716. The molecule has 0 heterocycles. The number of aliphatic hydroxyl groups is 1. The van der Waals surface area contributed by atoms with Gasteiger partial charge in [0, 0.05) is 16.2 Å². The van der Waals surface area contributed by atoms with Crippen LogP contribution < -0.4 is 10.5 Å². The maximum atomic E-state index is 13.6. The van der Waals surface area contributed by atoms with Crippen molar-refractivity contribution in [3.63, 3.8) is 0 Å². The van der Waals surface area contributed by atoms with Crippen molar-refractivity contribution in [2.75, 3.05) is 5.73 Å². The number of nitrogens with two attached hydrogens (primary N) is 1. The second-order valence-electron chi connectivity index (χ2n) is 4.25. The van der Waals surface area contributed by atoms with Gasteiger partial charge in [0.25, 0.3) is 0 Å². The molecule has 0 unspecified atom stereocenters. The molecule has 0 bridgehead atoms. The number of aliphatic hydroxyl groups excluding tert-OH is 1. The molecule has 0 atom stereocenters. The molecule has 8 heteroatoms. The number of sulfonamides is 1. The minimum absolute atomic E-state index is 0.144. The molecule has 0 saturated heterocycles. The van der Waals surface area contributed by atoms with Gasteiger partial charge in [-0.05, 0) is 40.9 Å². The molecule has 1 aliphatic carbocycles. The van der Waals surface area contributed by atoms with Crippen molar-refractivity contribution < 1.29 is 17.9 Å². The number of anilines is 1. The number of hydrogen-bond acceptors (Lipinski definition) is 4. The first kappa shape index (κ1) is 13.7. The van der Waals surface area contributed by atoms with Crippen molar-refractivity contribution in [1.29, 1.82) is 0 Å². The largest absolute Gasteiger partial charge is 0.398 e. The predicted octanol–water partition coefficient (Wildman–Crippen LogP) is 0.972. The molecule has 2 rings (SSSR count). The van der Waals surface area contributed by atoms with E-state index >= 15 is 0 Å². The summed E-state index contributed by atoms with van der Waals surface area (Å²) < 4.78 is 40.1. The molecule has 5 nitrogen and oxygen atoms in total. The van der Waals surface area contributed by atoms with Gasteiger partial charge >= 0.3 is 0 Å². The molecular formula is C10H12BrFN2O3S. The van der Waals surface area contributed by atoms with Gasteiger partial charge < -0.3 is 10.8 Å². The van der Waals surface area contributed by atoms with E-state index in [-0.39, 0.29) is 11.7 Å². The summed E-state index contributed by atoms with van der Waals surface area (Å²) in [5.74, 6) is -0.872. The van der Waals surface area contributed by atoms with E-state index in [1.54, 1.807) is 0 Å². The lowest BCUT2D eigenvalue weighted by molar-refractivity contribution is 0.0712. The smallest absolute Gasteiger partial charge is 0.243 e. The van der Waals surface area contributed by atoms with E-state index in [9.17, 15) is 12.8 Å². The van der Waals surface area contributed by atoms with Crippen LogP contribution in [0.2, 0.25) is 0 Å². The van der Waals surface area contributed by atoms with Crippen LogP contribution in [0.3, 0.4) is 0 Å². The number of nitrogen functional groups attached to an aromatic ring is 1. The Bertz CT molecular complexity index is 573. The van der Waals surface area contributed by atoms with Crippen molar-refractivity contribution in [3.8, 4) is 0 Å². The van der Waals surface area contributed by atoms with Crippen LogP contribution in [-0.2, 0) is 10.0 Å². The van der Waals surface area contributed by atoms with Crippen LogP contribution in [0.4, 0.5) is 10.1 Å². The highest BCUT2D eigenvalue weighted by molar-refractivity contribution is 9.10. The second-order valence-corrected chi connectivity index (χ2v) is 6.78. The zero-order valence-electron chi connectivity index (χ0n) is 9.23. The van der Waals surface area contributed by atoms with Crippen LogP contribution in [-0.4, -0.2) is 25.7 Å². The lowest BCUT2D eigenvalue weighted by Gasteiger charge is -2.31.